The quantitative estimate of drug-likeness (QED) is 0.107. The molecular formula is C45H74O18. The predicted octanol–water partition coefficient (Wildman–Crippen LogP) is -0.831. The predicted molar refractivity (Wildman–Crippen MR) is 218 cm³/mol. The van der Waals surface area contributed by atoms with Crippen LogP contribution in [0.1, 0.15) is 92.4 Å². The molecule has 8 rings (SSSR count). The number of ether oxygens (including phenoxy) is 7. The molecule has 8 aliphatic rings. The summed E-state index contributed by atoms with van der Waals surface area (Å²) in [4.78, 5) is 0. The lowest BCUT2D eigenvalue weighted by atomic mass is 9.46. The Morgan fingerprint density at radius 1 is 0.714 bits per heavy atom. The molecule has 26 atom stereocenters. The fourth-order valence-electron chi connectivity index (χ4n) is 13.6. The molecule has 4 saturated heterocycles. The van der Waals surface area contributed by atoms with Crippen LogP contribution in [0.5, 0.6) is 0 Å². The lowest BCUT2D eigenvalue weighted by molar-refractivity contribution is -0.400. The Hall–Kier alpha value is -0.980. The molecule has 26 unspecified atom stereocenters. The van der Waals surface area contributed by atoms with Gasteiger partial charge in [0.15, 0.2) is 25.2 Å². The van der Waals surface area contributed by atoms with Crippen LogP contribution in [0.4, 0.5) is 0 Å². The molecule has 0 bridgehead atoms. The molecule has 18 heteroatoms. The highest BCUT2D eigenvalue weighted by molar-refractivity contribution is 5.26. The lowest BCUT2D eigenvalue weighted by Gasteiger charge is -2.58. The van der Waals surface area contributed by atoms with E-state index >= 15 is 0 Å². The minimum atomic E-state index is -1.97. The van der Waals surface area contributed by atoms with Crippen molar-refractivity contribution in [2.45, 2.75) is 203 Å². The molecule has 0 aromatic rings. The summed E-state index contributed by atoms with van der Waals surface area (Å²) < 4.78 is 42.6. The zero-order valence-electron chi connectivity index (χ0n) is 37.1. The Kier molecular flexibility index (Phi) is 14.2. The van der Waals surface area contributed by atoms with E-state index in [1.807, 2.05) is 0 Å². The van der Waals surface area contributed by atoms with Crippen LogP contribution < -0.4 is 0 Å². The average molecular weight is 903 g/mol. The van der Waals surface area contributed by atoms with Crippen LogP contribution in [0.25, 0.3) is 0 Å². The number of allylic oxidation sites excluding steroid dienone is 1. The van der Waals surface area contributed by atoms with Crippen LogP contribution >= 0.6 is 0 Å². The van der Waals surface area contributed by atoms with Gasteiger partial charge in [-0.05, 0) is 111 Å². The second kappa shape index (κ2) is 18.5. The Morgan fingerprint density at radius 2 is 1.37 bits per heavy atom. The van der Waals surface area contributed by atoms with E-state index in [1.165, 1.54) is 5.57 Å². The molecule has 11 N–H and O–H groups in total. The Labute approximate surface area is 369 Å². The largest absolute Gasteiger partial charge is 0.396 e. The Balaban J connectivity index is 0.984. The Bertz CT molecular complexity index is 1600. The van der Waals surface area contributed by atoms with Gasteiger partial charge >= 0.3 is 0 Å². The van der Waals surface area contributed by atoms with Crippen molar-refractivity contribution in [2.75, 3.05) is 19.8 Å². The average Bonchev–Trinajstić information content (AvgIpc) is 3.70. The number of aliphatic hydroxyl groups is 11. The second-order valence-electron chi connectivity index (χ2n) is 21.1. The van der Waals surface area contributed by atoms with Gasteiger partial charge in [0.25, 0.3) is 0 Å². The van der Waals surface area contributed by atoms with E-state index < -0.39 is 112 Å². The summed E-state index contributed by atoms with van der Waals surface area (Å²) in [6, 6.07) is 0. The van der Waals surface area contributed by atoms with Gasteiger partial charge in [-0.25, -0.2) is 0 Å². The molecule has 0 amide bonds. The zero-order valence-corrected chi connectivity index (χ0v) is 37.1. The molecule has 3 saturated carbocycles. The van der Waals surface area contributed by atoms with Crippen molar-refractivity contribution in [3.8, 4) is 0 Å². The van der Waals surface area contributed by atoms with Gasteiger partial charge in [0, 0.05) is 6.61 Å². The highest BCUT2D eigenvalue weighted by Gasteiger charge is 2.67. The molecule has 362 valence electrons. The number of hydrogen-bond acceptors (Lipinski definition) is 18. The molecule has 0 aromatic carbocycles. The fraction of sp³-hybridized carbons (Fsp3) is 0.956. The molecule has 0 radical (unpaired) electrons. The third-order valence-electron chi connectivity index (χ3n) is 17.6. The molecule has 18 nitrogen and oxygen atoms in total. The maximum Gasteiger partial charge on any atom is 0.189 e. The summed E-state index contributed by atoms with van der Waals surface area (Å²) in [5, 5.41) is 115. The van der Waals surface area contributed by atoms with Gasteiger partial charge in [0.2, 0.25) is 0 Å². The lowest BCUT2D eigenvalue weighted by Crippen LogP contribution is -2.67. The van der Waals surface area contributed by atoms with Crippen molar-refractivity contribution in [1.29, 1.82) is 0 Å². The van der Waals surface area contributed by atoms with Crippen LogP contribution in [0, 0.1) is 46.3 Å². The van der Waals surface area contributed by atoms with Crippen LogP contribution in [-0.4, -0.2) is 186 Å². The minimum Gasteiger partial charge on any atom is -0.396 e. The van der Waals surface area contributed by atoms with Crippen molar-refractivity contribution in [3.05, 3.63) is 11.6 Å². The van der Waals surface area contributed by atoms with E-state index in [-0.39, 0.29) is 35.1 Å². The first-order chi connectivity index (χ1) is 29.8. The molecule has 4 aliphatic carbocycles. The van der Waals surface area contributed by atoms with E-state index in [1.54, 1.807) is 0 Å². The molecule has 7 fully saturated rings. The van der Waals surface area contributed by atoms with Gasteiger partial charge in [0.05, 0.1) is 31.0 Å². The summed E-state index contributed by atoms with van der Waals surface area (Å²) in [6.07, 6.45) is -15.3. The van der Waals surface area contributed by atoms with E-state index in [2.05, 4.69) is 40.7 Å². The van der Waals surface area contributed by atoms with Gasteiger partial charge in [0.1, 0.15) is 67.1 Å². The highest BCUT2D eigenvalue weighted by Crippen LogP contribution is 2.70. The summed E-state index contributed by atoms with van der Waals surface area (Å²) in [7, 11) is 0. The third kappa shape index (κ3) is 8.41. The van der Waals surface area contributed by atoms with Crippen LogP contribution in [-0.2, 0) is 33.2 Å². The number of fused-ring (bicyclic) bond motifs is 7. The zero-order chi connectivity index (χ0) is 45.5. The van der Waals surface area contributed by atoms with Crippen molar-refractivity contribution in [2.24, 2.45) is 46.3 Å². The molecule has 4 heterocycles. The summed E-state index contributed by atoms with van der Waals surface area (Å²) in [5.74, 6) is 2.69. The van der Waals surface area contributed by atoms with Crippen LogP contribution in [0.15, 0.2) is 11.6 Å². The van der Waals surface area contributed by atoms with Gasteiger partial charge in [-0.2, -0.15) is 0 Å². The first-order valence-electron chi connectivity index (χ1n) is 23.4. The molecular weight excluding hydrogens is 828 g/mol. The van der Waals surface area contributed by atoms with E-state index in [9.17, 15) is 56.2 Å². The first-order valence-corrected chi connectivity index (χ1v) is 23.4. The monoisotopic (exact) mass is 902 g/mol. The first kappa shape index (κ1) is 48.5. The number of rotatable bonds is 12. The van der Waals surface area contributed by atoms with Gasteiger partial charge < -0.3 is 89.3 Å². The molecule has 0 aromatic heterocycles. The van der Waals surface area contributed by atoms with E-state index in [0.717, 1.165) is 44.9 Å². The fourth-order valence-corrected chi connectivity index (χ4v) is 13.6. The number of hydrogen-bond donors (Lipinski definition) is 11. The van der Waals surface area contributed by atoms with E-state index in [0.29, 0.717) is 42.4 Å². The SMILES string of the molecule is CC(CO)CCC1(C)OC2CC3C4CC=C5CC(OC6OC(CO)C(OC7OC(CO)C(O)C(O)C7O)C(O)C6OC6OC(O)C(O)C(O)C6O)CCC5(C)C4CCC3(C)C2C1C. The summed E-state index contributed by atoms with van der Waals surface area (Å²) in [6.45, 7) is 10.4. The third-order valence-corrected chi connectivity index (χ3v) is 17.6. The van der Waals surface area contributed by atoms with Crippen LogP contribution in [0.3, 0.4) is 0 Å². The standard InChI is InChI=1S/C45H74O18/c1-19(16-46)8-13-45(5)20(2)29-26(63-45)15-25-23-7-6-21-14-22(9-11-43(21,3)24(23)10-12-44(25,29)4)57-42-38(61-41-35(54)32(51)33(52)39(56)62-41)36(55)37(28(18-48)59-42)60-40-34(53)31(50)30(49)27(17-47)58-40/h6,19-20,22-42,46-56H,7-18H2,1-5H3. The van der Waals surface area contributed by atoms with Crippen molar-refractivity contribution >= 4 is 0 Å². The highest BCUT2D eigenvalue weighted by atomic mass is 16.8. The maximum absolute atomic E-state index is 11.9. The maximum atomic E-state index is 11.9. The minimum absolute atomic E-state index is 0.0722. The van der Waals surface area contributed by atoms with E-state index in [4.69, 9.17) is 33.2 Å². The summed E-state index contributed by atoms with van der Waals surface area (Å²) in [5.41, 5.74) is 1.20. The van der Waals surface area contributed by atoms with Gasteiger partial charge in [-0.15, -0.1) is 0 Å². The summed E-state index contributed by atoms with van der Waals surface area (Å²) >= 11 is 0. The van der Waals surface area contributed by atoms with Crippen LogP contribution in [0.2, 0.25) is 0 Å². The number of aliphatic hydroxyl groups excluding tert-OH is 11. The normalized spacial score (nSPS) is 55.0. The smallest absolute Gasteiger partial charge is 0.189 e. The molecule has 63 heavy (non-hydrogen) atoms. The molecule has 0 spiro atoms. The Morgan fingerprint density at radius 3 is 2.05 bits per heavy atom. The van der Waals surface area contributed by atoms with Crippen molar-refractivity contribution in [1.82, 2.24) is 0 Å². The second-order valence-corrected chi connectivity index (χ2v) is 21.1. The van der Waals surface area contributed by atoms with Gasteiger partial charge in [-0.3, -0.25) is 0 Å². The van der Waals surface area contributed by atoms with Crippen molar-refractivity contribution in [3.63, 3.8) is 0 Å². The topological polar surface area (TPSA) is 287 Å². The van der Waals surface area contributed by atoms with Gasteiger partial charge in [-0.1, -0.05) is 39.3 Å². The van der Waals surface area contributed by atoms with Crippen molar-refractivity contribution < 1.29 is 89.3 Å². The molecule has 4 aliphatic heterocycles.